The number of nitrogens with zero attached hydrogens (tertiary/aromatic N) is 1. The van der Waals surface area contributed by atoms with E-state index in [0.717, 1.165) is 6.20 Å². The number of pyridine rings is 1. The molecule has 58 valence electrons. The number of halogens is 1. The van der Waals surface area contributed by atoms with Gasteiger partial charge < -0.3 is 5.11 Å². The van der Waals surface area contributed by atoms with Gasteiger partial charge in [0.05, 0.1) is 12.8 Å². The minimum Gasteiger partial charge on any atom is -0.392 e. The molecule has 0 unspecified atom stereocenters. The van der Waals surface area contributed by atoms with Crippen LogP contribution >= 0.6 is 0 Å². The Kier molecular flexibility index (Phi) is 2.74. The Bertz CT molecular complexity index is 260. The van der Waals surface area contributed by atoms with E-state index >= 15 is 0 Å². The maximum Gasteiger partial charge on any atom is 0.142 e. The van der Waals surface area contributed by atoms with Gasteiger partial charge in [0, 0.05) is 6.20 Å². The van der Waals surface area contributed by atoms with Gasteiger partial charge in [0.1, 0.15) is 5.82 Å². The van der Waals surface area contributed by atoms with Crippen LogP contribution < -0.4 is 0 Å². The highest BCUT2D eigenvalue weighted by Gasteiger charge is 1.89. The van der Waals surface area contributed by atoms with Gasteiger partial charge >= 0.3 is 0 Å². The van der Waals surface area contributed by atoms with E-state index in [4.69, 9.17) is 5.11 Å². The lowest BCUT2D eigenvalue weighted by Gasteiger charge is -1.90. The van der Waals surface area contributed by atoms with Gasteiger partial charge in [-0.25, -0.2) is 4.39 Å². The second-order valence-corrected chi connectivity index (χ2v) is 2.02. The molecule has 0 fully saturated rings. The van der Waals surface area contributed by atoms with Crippen molar-refractivity contribution in [3.8, 4) is 0 Å². The summed E-state index contributed by atoms with van der Waals surface area (Å²) in [5, 5.41) is 8.40. The summed E-state index contributed by atoms with van der Waals surface area (Å²) < 4.78 is 12.4. The summed E-state index contributed by atoms with van der Waals surface area (Å²) >= 11 is 0. The lowest BCUT2D eigenvalue weighted by Crippen LogP contribution is -1.80. The van der Waals surface area contributed by atoms with Crippen LogP contribution in [0.4, 0.5) is 4.39 Å². The summed E-state index contributed by atoms with van der Waals surface area (Å²) in [5.41, 5.74) is 0.652. The average molecular weight is 153 g/mol. The third-order valence-corrected chi connectivity index (χ3v) is 1.14. The lowest BCUT2D eigenvalue weighted by molar-refractivity contribution is 0.343. The molecule has 0 aliphatic rings. The van der Waals surface area contributed by atoms with Crippen molar-refractivity contribution in [2.45, 2.75) is 0 Å². The Labute approximate surface area is 64.0 Å². The van der Waals surface area contributed by atoms with Crippen molar-refractivity contribution in [3.05, 3.63) is 35.9 Å². The number of rotatable bonds is 2. The predicted molar refractivity (Wildman–Crippen MR) is 40.3 cm³/mol. The third kappa shape index (κ3) is 2.47. The highest BCUT2D eigenvalue weighted by atomic mass is 19.1. The smallest absolute Gasteiger partial charge is 0.142 e. The molecule has 0 amide bonds. The molecule has 1 aromatic rings. The van der Waals surface area contributed by atoms with Crippen LogP contribution in [-0.4, -0.2) is 16.7 Å². The van der Waals surface area contributed by atoms with Crippen LogP contribution in [0.3, 0.4) is 0 Å². The van der Waals surface area contributed by atoms with Gasteiger partial charge in [-0.3, -0.25) is 4.98 Å². The first kappa shape index (κ1) is 7.88. The van der Waals surface area contributed by atoms with Crippen LogP contribution in [-0.2, 0) is 0 Å². The molecule has 0 atom stereocenters. The fourth-order valence-corrected chi connectivity index (χ4v) is 0.708. The maximum absolute atomic E-state index is 12.4. The summed E-state index contributed by atoms with van der Waals surface area (Å²) in [4.78, 5) is 3.63. The molecule has 0 saturated heterocycles. The van der Waals surface area contributed by atoms with Gasteiger partial charge in [0.25, 0.3) is 0 Å². The van der Waals surface area contributed by atoms with Crippen molar-refractivity contribution in [1.82, 2.24) is 4.98 Å². The molecular formula is C8H8FNO. The van der Waals surface area contributed by atoms with E-state index < -0.39 is 0 Å². The largest absolute Gasteiger partial charge is 0.392 e. The second kappa shape index (κ2) is 3.83. The molecule has 0 bridgehead atoms. The van der Waals surface area contributed by atoms with Crippen molar-refractivity contribution < 1.29 is 9.50 Å². The number of hydrogen-bond acceptors (Lipinski definition) is 2. The molecular weight excluding hydrogens is 145 g/mol. The van der Waals surface area contributed by atoms with E-state index in [-0.39, 0.29) is 12.4 Å². The minimum absolute atomic E-state index is 0.0451. The van der Waals surface area contributed by atoms with Gasteiger partial charge in [-0.05, 0) is 11.6 Å². The molecule has 0 aliphatic carbocycles. The zero-order chi connectivity index (χ0) is 8.10. The molecule has 0 saturated carbocycles. The number of aliphatic hydroxyl groups excluding tert-OH is 1. The standard InChI is InChI=1S/C8H8FNO/c9-8-4-7(2-1-3-11)5-10-6-8/h1-2,4-6,11H,3H2. The first-order valence-electron chi connectivity index (χ1n) is 3.21. The van der Waals surface area contributed by atoms with Crippen molar-refractivity contribution >= 4 is 6.08 Å². The van der Waals surface area contributed by atoms with Crippen molar-refractivity contribution in [1.29, 1.82) is 0 Å². The first-order chi connectivity index (χ1) is 5.33. The highest BCUT2D eigenvalue weighted by Crippen LogP contribution is 2.01. The maximum atomic E-state index is 12.4. The van der Waals surface area contributed by atoms with Crippen molar-refractivity contribution in [2.24, 2.45) is 0 Å². The molecule has 11 heavy (non-hydrogen) atoms. The van der Waals surface area contributed by atoms with E-state index in [1.807, 2.05) is 0 Å². The van der Waals surface area contributed by atoms with Crippen LogP contribution in [0, 0.1) is 5.82 Å². The van der Waals surface area contributed by atoms with Crippen LogP contribution in [0.1, 0.15) is 5.56 Å². The summed E-state index contributed by atoms with van der Waals surface area (Å²) in [6.45, 7) is -0.0451. The Hall–Kier alpha value is -1.22. The first-order valence-corrected chi connectivity index (χ1v) is 3.21. The SMILES string of the molecule is OCC=Cc1cncc(F)c1. The van der Waals surface area contributed by atoms with Crippen molar-refractivity contribution in [2.75, 3.05) is 6.61 Å². The molecule has 1 N–H and O–H groups in total. The van der Waals surface area contributed by atoms with Crippen LogP contribution in [0.2, 0.25) is 0 Å². The highest BCUT2D eigenvalue weighted by molar-refractivity contribution is 5.47. The van der Waals surface area contributed by atoms with E-state index in [0.29, 0.717) is 5.56 Å². The summed E-state index contributed by atoms with van der Waals surface area (Å²) in [5.74, 6) is -0.370. The topological polar surface area (TPSA) is 33.1 Å². The Morgan fingerprint density at radius 2 is 2.36 bits per heavy atom. The zero-order valence-electron chi connectivity index (χ0n) is 5.87. The van der Waals surface area contributed by atoms with E-state index in [1.54, 1.807) is 6.08 Å². The lowest BCUT2D eigenvalue weighted by atomic mass is 10.2. The monoisotopic (exact) mass is 153 g/mol. The van der Waals surface area contributed by atoms with Gasteiger partial charge in [-0.2, -0.15) is 0 Å². The summed E-state index contributed by atoms with van der Waals surface area (Å²) in [6.07, 6.45) is 5.79. The van der Waals surface area contributed by atoms with Gasteiger partial charge in [0.15, 0.2) is 0 Å². The normalized spacial score (nSPS) is 10.7. The van der Waals surface area contributed by atoms with Crippen molar-refractivity contribution in [3.63, 3.8) is 0 Å². The molecule has 0 spiro atoms. The van der Waals surface area contributed by atoms with Gasteiger partial charge in [-0.15, -0.1) is 0 Å². The van der Waals surface area contributed by atoms with Crippen LogP contribution in [0.15, 0.2) is 24.5 Å². The molecule has 3 heteroatoms. The van der Waals surface area contributed by atoms with E-state index in [9.17, 15) is 4.39 Å². The van der Waals surface area contributed by atoms with Crippen LogP contribution in [0.5, 0.6) is 0 Å². The second-order valence-electron chi connectivity index (χ2n) is 2.02. The predicted octanol–water partition coefficient (Wildman–Crippen LogP) is 1.23. The fourth-order valence-electron chi connectivity index (χ4n) is 0.708. The molecule has 1 heterocycles. The third-order valence-electron chi connectivity index (χ3n) is 1.14. The molecule has 1 aromatic heterocycles. The van der Waals surface area contributed by atoms with E-state index in [2.05, 4.69) is 4.98 Å². The van der Waals surface area contributed by atoms with E-state index in [1.165, 1.54) is 18.3 Å². The Morgan fingerprint density at radius 1 is 1.55 bits per heavy atom. The molecule has 0 aromatic carbocycles. The number of aromatic nitrogens is 1. The fraction of sp³-hybridized carbons (Fsp3) is 0.125. The molecule has 0 aliphatic heterocycles. The molecule has 0 radical (unpaired) electrons. The average Bonchev–Trinajstić information content (AvgIpc) is 2.01. The molecule has 1 rings (SSSR count). The number of aliphatic hydroxyl groups is 1. The quantitative estimate of drug-likeness (QED) is 0.693. The Morgan fingerprint density at radius 3 is 3.00 bits per heavy atom. The van der Waals surface area contributed by atoms with Gasteiger partial charge in [-0.1, -0.05) is 12.2 Å². The van der Waals surface area contributed by atoms with Crippen LogP contribution in [0.25, 0.3) is 6.08 Å². The Balaban J connectivity index is 2.79. The zero-order valence-corrected chi connectivity index (χ0v) is 5.87. The summed E-state index contributed by atoms with van der Waals surface area (Å²) in [6, 6.07) is 1.35. The minimum atomic E-state index is -0.370. The molecule has 2 nitrogen and oxygen atoms in total. The van der Waals surface area contributed by atoms with Gasteiger partial charge in [0.2, 0.25) is 0 Å². The number of hydrogen-bond donors (Lipinski definition) is 1. The summed E-state index contributed by atoms with van der Waals surface area (Å²) in [7, 11) is 0.